The lowest BCUT2D eigenvalue weighted by molar-refractivity contribution is -0.169. The van der Waals surface area contributed by atoms with Gasteiger partial charge in [-0.2, -0.15) is 0 Å². The topological polar surface area (TPSA) is 68.5 Å². The number of aromatic nitrogens is 3. The third-order valence-corrected chi connectivity index (χ3v) is 5.21. The largest absolute Gasteiger partial charge is 0.378 e. The molecule has 6 nitrogen and oxygen atoms in total. The van der Waals surface area contributed by atoms with Crippen LogP contribution in [0.2, 0.25) is 0 Å². The number of amides is 1. The fourth-order valence-electron chi connectivity index (χ4n) is 3.81. The summed E-state index contributed by atoms with van der Waals surface area (Å²) in [7, 11) is 0. The molecule has 1 N–H and O–H groups in total. The molecule has 2 aliphatic rings. The molecule has 1 spiro atoms. The summed E-state index contributed by atoms with van der Waals surface area (Å²) in [6.07, 6.45) is 9.98. The van der Waals surface area contributed by atoms with Gasteiger partial charge < -0.3 is 10.1 Å². The standard InChI is InChI=1S/C16H20N4O2/c1-2-22-13-9-12(16(13)5-3-6-16)19-14(21)11-10-20-8-4-7-17-15(20)18-11/h4,7-8,10,12-13H,2-3,5-6,9H2,1H3,(H,19,21)/t12-,13+/m0/s1. The first kappa shape index (κ1) is 13.7. The Labute approximate surface area is 128 Å². The van der Waals surface area contributed by atoms with Gasteiger partial charge in [0.2, 0.25) is 5.78 Å². The molecule has 2 fully saturated rings. The van der Waals surface area contributed by atoms with Gasteiger partial charge in [-0.05, 0) is 32.3 Å². The number of carbonyl (C=O) groups is 1. The molecule has 0 unspecified atom stereocenters. The molecule has 22 heavy (non-hydrogen) atoms. The summed E-state index contributed by atoms with van der Waals surface area (Å²) in [5.74, 6) is 0.434. The van der Waals surface area contributed by atoms with E-state index in [1.165, 1.54) is 6.42 Å². The predicted octanol–water partition coefficient (Wildman–Crippen LogP) is 1.81. The Bertz CT molecular complexity index is 674. The van der Waals surface area contributed by atoms with Gasteiger partial charge in [0.1, 0.15) is 5.69 Å². The molecular formula is C16H20N4O2. The Morgan fingerprint density at radius 3 is 3.09 bits per heavy atom. The minimum absolute atomic E-state index is 0.114. The Morgan fingerprint density at radius 1 is 1.55 bits per heavy atom. The van der Waals surface area contributed by atoms with Gasteiger partial charge in [-0.3, -0.25) is 9.20 Å². The number of nitrogens with one attached hydrogen (secondary N) is 1. The fourth-order valence-corrected chi connectivity index (χ4v) is 3.81. The van der Waals surface area contributed by atoms with Crippen LogP contribution in [-0.2, 0) is 4.74 Å². The number of imidazole rings is 1. The minimum Gasteiger partial charge on any atom is -0.378 e. The SMILES string of the molecule is CCO[C@@H]1C[C@H](NC(=O)c2cn3cccnc3n2)C12CCC2. The van der Waals surface area contributed by atoms with Crippen LogP contribution in [0.1, 0.15) is 43.1 Å². The van der Waals surface area contributed by atoms with Gasteiger partial charge in [0.05, 0.1) is 6.10 Å². The van der Waals surface area contributed by atoms with Crippen molar-refractivity contribution in [3.05, 3.63) is 30.4 Å². The Kier molecular flexibility index (Phi) is 3.14. The summed E-state index contributed by atoms with van der Waals surface area (Å²) in [5, 5.41) is 3.15. The van der Waals surface area contributed by atoms with Crippen molar-refractivity contribution in [3.63, 3.8) is 0 Å². The number of ether oxygens (including phenoxy) is 1. The molecule has 1 amide bonds. The second-order valence-electron chi connectivity index (χ2n) is 6.25. The lowest BCUT2D eigenvalue weighted by Gasteiger charge is -2.60. The molecule has 6 heteroatoms. The monoisotopic (exact) mass is 300 g/mol. The molecule has 0 bridgehead atoms. The molecule has 0 saturated heterocycles. The van der Waals surface area contributed by atoms with E-state index >= 15 is 0 Å². The molecule has 0 radical (unpaired) electrons. The maximum absolute atomic E-state index is 12.5. The van der Waals surface area contributed by atoms with E-state index in [-0.39, 0.29) is 17.4 Å². The average Bonchev–Trinajstić information content (AvgIpc) is 2.88. The van der Waals surface area contributed by atoms with E-state index < -0.39 is 0 Å². The zero-order valence-corrected chi connectivity index (χ0v) is 12.7. The number of carbonyl (C=O) groups excluding carboxylic acids is 1. The summed E-state index contributed by atoms with van der Waals surface area (Å²) < 4.78 is 7.58. The molecule has 2 aromatic heterocycles. The molecule has 2 atom stereocenters. The van der Waals surface area contributed by atoms with Crippen LogP contribution < -0.4 is 5.32 Å². The van der Waals surface area contributed by atoms with E-state index in [4.69, 9.17) is 4.74 Å². The van der Waals surface area contributed by atoms with Crippen molar-refractivity contribution in [1.82, 2.24) is 19.7 Å². The summed E-state index contributed by atoms with van der Waals surface area (Å²) in [5.41, 5.74) is 0.594. The summed E-state index contributed by atoms with van der Waals surface area (Å²) in [6.45, 7) is 2.77. The van der Waals surface area contributed by atoms with Crippen LogP contribution in [0.15, 0.2) is 24.7 Å². The van der Waals surface area contributed by atoms with Crippen LogP contribution in [-0.4, -0.2) is 39.0 Å². The quantitative estimate of drug-likeness (QED) is 0.935. The van der Waals surface area contributed by atoms with Crippen LogP contribution in [0, 0.1) is 5.41 Å². The Balaban J connectivity index is 1.48. The van der Waals surface area contributed by atoms with Crippen LogP contribution in [0.5, 0.6) is 0 Å². The lowest BCUT2D eigenvalue weighted by atomic mass is 9.51. The van der Waals surface area contributed by atoms with Crippen molar-refractivity contribution in [2.45, 2.75) is 44.8 Å². The van der Waals surface area contributed by atoms with Gasteiger partial charge in [-0.15, -0.1) is 0 Å². The number of hydrogen-bond acceptors (Lipinski definition) is 4. The summed E-state index contributed by atoms with van der Waals surface area (Å²) in [4.78, 5) is 20.9. The number of rotatable bonds is 4. The fraction of sp³-hybridized carbons (Fsp3) is 0.562. The van der Waals surface area contributed by atoms with Crippen molar-refractivity contribution < 1.29 is 9.53 Å². The number of fused-ring (bicyclic) bond motifs is 1. The minimum atomic E-state index is -0.114. The highest BCUT2D eigenvalue weighted by Crippen LogP contribution is 2.57. The second kappa shape index (κ2) is 5.05. The third kappa shape index (κ3) is 1.94. The highest BCUT2D eigenvalue weighted by atomic mass is 16.5. The van der Waals surface area contributed by atoms with Crippen LogP contribution in [0.25, 0.3) is 5.78 Å². The summed E-state index contributed by atoms with van der Waals surface area (Å²) in [6, 6.07) is 2.03. The molecule has 2 aliphatic carbocycles. The van der Waals surface area contributed by atoms with Crippen molar-refractivity contribution in [3.8, 4) is 0 Å². The maximum atomic E-state index is 12.5. The van der Waals surface area contributed by atoms with Crippen LogP contribution in [0.4, 0.5) is 0 Å². The van der Waals surface area contributed by atoms with Gasteiger partial charge in [-0.1, -0.05) is 6.42 Å². The van der Waals surface area contributed by atoms with E-state index in [0.717, 1.165) is 25.9 Å². The van der Waals surface area contributed by atoms with Gasteiger partial charge >= 0.3 is 0 Å². The van der Waals surface area contributed by atoms with E-state index in [9.17, 15) is 4.79 Å². The number of hydrogen-bond donors (Lipinski definition) is 1. The van der Waals surface area contributed by atoms with Crippen molar-refractivity contribution >= 4 is 11.7 Å². The van der Waals surface area contributed by atoms with Gasteiger partial charge in [0.15, 0.2) is 0 Å². The maximum Gasteiger partial charge on any atom is 0.271 e. The van der Waals surface area contributed by atoms with Gasteiger partial charge in [0, 0.05) is 36.7 Å². The highest BCUT2D eigenvalue weighted by molar-refractivity contribution is 5.93. The van der Waals surface area contributed by atoms with Crippen LogP contribution in [0.3, 0.4) is 0 Å². The lowest BCUT2D eigenvalue weighted by Crippen LogP contribution is -2.67. The zero-order chi connectivity index (χ0) is 15.2. The highest BCUT2D eigenvalue weighted by Gasteiger charge is 2.59. The Morgan fingerprint density at radius 2 is 2.41 bits per heavy atom. The van der Waals surface area contributed by atoms with Crippen molar-refractivity contribution in [2.75, 3.05) is 6.61 Å². The first-order valence-corrected chi connectivity index (χ1v) is 7.95. The number of nitrogens with zero attached hydrogens (tertiary/aromatic N) is 3. The van der Waals surface area contributed by atoms with Crippen LogP contribution >= 0.6 is 0 Å². The smallest absolute Gasteiger partial charge is 0.271 e. The Hall–Kier alpha value is -1.95. The molecule has 2 saturated carbocycles. The van der Waals surface area contributed by atoms with E-state index in [1.807, 2.05) is 19.2 Å². The summed E-state index contributed by atoms with van der Waals surface area (Å²) >= 11 is 0. The zero-order valence-electron chi connectivity index (χ0n) is 12.7. The van der Waals surface area contributed by atoms with Gasteiger partial charge in [-0.25, -0.2) is 9.97 Å². The van der Waals surface area contributed by atoms with E-state index in [1.54, 1.807) is 16.8 Å². The van der Waals surface area contributed by atoms with Crippen molar-refractivity contribution in [2.24, 2.45) is 5.41 Å². The molecular weight excluding hydrogens is 280 g/mol. The first-order chi connectivity index (χ1) is 10.7. The molecule has 0 aliphatic heterocycles. The molecule has 2 aromatic rings. The second-order valence-corrected chi connectivity index (χ2v) is 6.25. The predicted molar refractivity (Wildman–Crippen MR) is 80.6 cm³/mol. The third-order valence-electron chi connectivity index (χ3n) is 5.21. The average molecular weight is 300 g/mol. The molecule has 0 aromatic carbocycles. The van der Waals surface area contributed by atoms with Gasteiger partial charge in [0.25, 0.3) is 5.91 Å². The molecule has 116 valence electrons. The van der Waals surface area contributed by atoms with E-state index in [0.29, 0.717) is 17.6 Å². The van der Waals surface area contributed by atoms with E-state index in [2.05, 4.69) is 15.3 Å². The molecule has 2 heterocycles. The normalized spacial score (nSPS) is 25.7. The first-order valence-electron chi connectivity index (χ1n) is 7.95. The van der Waals surface area contributed by atoms with Crippen molar-refractivity contribution in [1.29, 1.82) is 0 Å². The molecule has 4 rings (SSSR count).